The van der Waals surface area contributed by atoms with Gasteiger partial charge in [0.25, 0.3) is 0 Å². The number of nitrogens with one attached hydrogen (secondary N) is 1. The maximum absolute atomic E-state index is 9.94. The normalized spacial score (nSPS) is 10.9. The Bertz CT molecular complexity index is 1290. The van der Waals surface area contributed by atoms with E-state index in [0.29, 0.717) is 28.7 Å². The number of aromatic hydroxyl groups is 1. The summed E-state index contributed by atoms with van der Waals surface area (Å²) in [7, 11) is 3.20. The van der Waals surface area contributed by atoms with Crippen molar-refractivity contribution in [3.05, 3.63) is 83.9 Å². The molecule has 4 rings (SSSR count). The van der Waals surface area contributed by atoms with Crippen LogP contribution in [0.5, 0.6) is 17.2 Å². The predicted molar refractivity (Wildman–Crippen MR) is 130 cm³/mol. The van der Waals surface area contributed by atoms with Crippen LogP contribution < -0.4 is 14.9 Å². The van der Waals surface area contributed by atoms with E-state index in [0.717, 1.165) is 16.8 Å². The van der Waals surface area contributed by atoms with Gasteiger partial charge in [-0.05, 0) is 43.3 Å². The molecule has 3 aromatic carbocycles. The fourth-order valence-corrected chi connectivity index (χ4v) is 3.27. The molecule has 2 N–H and O–H groups in total. The molecular weight excluding hydrogens is 416 g/mol. The molecule has 7 nitrogen and oxygen atoms in total. The van der Waals surface area contributed by atoms with Crippen molar-refractivity contribution in [2.75, 3.05) is 19.6 Å². The Balaban J connectivity index is 1.74. The average Bonchev–Trinajstić information content (AvgIpc) is 2.85. The van der Waals surface area contributed by atoms with E-state index < -0.39 is 0 Å². The first-order valence-electron chi connectivity index (χ1n) is 10.3. The summed E-state index contributed by atoms with van der Waals surface area (Å²) < 4.78 is 10.8. The van der Waals surface area contributed by atoms with E-state index in [-0.39, 0.29) is 5.75 Å². The number of nitrogens with zero attached hydrogens (tertiary/aromatic N) is 3. The van der Waals surface area contributed by atoms with E-state index in [9.17, 15) is 5.11 Å². The zero-order valence-corrected chi connectivity index (χ0v) is 18.6. The summed E-state index contributed by atoms with van der Waals surface area (Å²) in [5.41, 5.74) is 7.87. The maximum Gasteiger partial charge on any atom is 0.244 e. The number of aromatic nitrogens is 2. The van der Waals surface area contributed by atoms with E-state index in [1.165, 1.54) is 11.8 Å². The van der Waals surface area contributed by atoms with Gasteiger partial charge in [0, 0.05) is 16.7 Å². The van der Waals surface area contributed by atoms with Crippen LogP contribution in [0.3, 0.4) is 0 Å². The summed E-state index contributed by atoms with van der Waals surface area (Å²) in [4.78, 5) is 9.27. The van der Waals surface area contributed by atoms with Crippen LogP contribution in [0.2, 0.25) is 0 Å². The molecule has 7 heteroatoms. The minimum atomic E-state index is 0.142. The summed E-state index contributed by atoms with van der Waals surface area (Å²) >= 11 is 0. The number of hydrazone groups is 1. The van der Waals surface area contributed by atoms with Gasteiger partial charge in [0.1, 0.15) is 5.75 Å². The number of phenolic OH excluding ortho intramolecular Hbond substituents is 1. The Labute approximate surface area is 192 Å². The van der Waals surface area contributed by atoms with Gasteiger partial charge in [0.15, 0.2) is 11.5 Å². The number of anilines is 1. The zero-order chi connectivity index (χ0) is 23.2. The van der Waals surface area contributed by atoms with E-state index in [1.54, 1.807) is 32.4 Å². The molecule has 0 atom stereocenters. The molecule has 0 fully saturated rings. The molecule has 33 heavy (non-hydrogen) atoms. The number of aryl methyl sites for hydroxylation is 1. The number of methoxy groups -OCH3 is 2. The molecule has 0 bridgehead atoms. The van der Waals surface area contributed by atoms with Crippen molar-refractivity contribution in [2.24, 2.45) is 5.10 Å². The lowest BCUT2D eigenvalue weighted by Crippen LogP contribution is -2.01. The number of hydrogen-bond acceptors (Lipinski definition) is 7. The summed E-state index contributed by atoms with van der Waals surface area (Å²) in [6.45, 7) is 2.04. The Hall–Kier alpha value is -4.39. The summed E-state index contributed by atoms with van der Waals surface area (Å²) in [6, 6.07) is 22.6. The molecule has 0 amide bonds. The summed E-state index contributed by atoms with van der Waals surface area (Å²) in [5.74, 6) is 1.71. The minimum absolute atomic E-state index is 0.142. The predicted octanol–water partition coefficient (Wildman–Crippen LogP) is 5.29. The second kappa shape index (κ2) is 9.82. The zero-order valence-electron chi connectivity index (χ0n) is 18.6. The van der Waals surface area contributed by atoms with Crippen molar-refractivity contribution >= 4 is 12.2 Å². The molecule has 0 spiro atoms. The van der Waals surface area contributed by atoms with Crippen LogP contribution in [-0.2, 0) is 0 Å². The molecule has 0 radical (unpaired) electrons. The standard InChI is InChI=1S/C26H24N4O3/c1-17-8-10-18(11-9-17)21-15-22(19-12-13-24(32-2)25(14-19)33-3)29-26(28-21)30-27-16-20-6-4-5-7-23(20)31/h4-16,31H,1-3H3,(H,28,29,30)/b27-16+. The lowest BCUT2D eigenvalue weighted by molar-refractivity contribution is 0.355. The lowest BCUT2D eigenvalue weighted by Gasteiger charge is -2.11. The molecule has 0 saturated carbocycles. The average molecular weight is 441 g/mol. The highest BCUT2D eigenvalue weighted by molar-refractivity contribution is 5.83. The van der Waals surface area contributed by atoms with Gasteiger partial charge in [0.2, 0.25) is 5.95 Å². The Kier molecular flexibility index (Phi) is 6.50. The van der Waals surface area contributed by atoms with Gasteiger partial charge in [-0.3, -0.25) is 0 Å². The monoisotopic (exact) mass is 440 g/mol. The topological polar surface area (TPSA) is 88.9 Å². The molecule has 0 aliphatic carbocycles. The van der Waals surface area contributed by atoms with Gasteiger partial charge in [-0.2, -0.15) is 5.10 Å². The first kappa shape index (κ1) is 21.8. The second-order valence-corrected chi connectivity index (χ2v) is 7.33. The Morgan fingerprint density at radius 1 is 0.818 bits per heavy atom. The third kappa shape index (κ3) is 5.10. The van der Waals surface area contributed by atoms with Crippen molar-refractivity contribution in [1.82, 2.24) is 9.97 Å². The minimum Gasteiger partial charge on any atom is -0.507 e. The summed E-state index contributed by atoms with van der Waals surface area (Å²) in [6.07, 6.45) is 1.52. The molecule has 1 heterocycles. The molecule has 0 aliphatic heterocycles. The molecule has 0 unspecified atom stereocenters. The van der Waals surface area contributed by atoms with Crippen molar-refractivity contribution in [2.45, 2.75) is 6.92 Å². The quantitative estimate of drug-likeness (QED) is 0.300. The number of ether oxygens (including phenoxy) is 2. The number of phenols is 1. The molecular formula is C26H24N4O3. The highest BCUT2D eigenvalue weighted by Crippen LogP contribution is 2.33. The molecule has 1 aromatic heterocycles. The van der Waals surface area contributed by atoms with Gasteiger partial charge in [-0.1, -0.05) is 42.0 Å². The second-order valence-electron chi connectivity index (χ2n) is 7.33. The van der Waals surface area contributed by atoms with Crippen LogP contribution in [0.4, 0.5) is 5.95 Å². The van der Waals surface area contributed by atoms with Crippen LogP contribution in [0.1, 0.15) is 11.1 Å². The van der Waals surface area contributed by atoms with Gasteiger partial charge >= 0.3 is 0 Å². The first-order valence-corrected chi connectivity index (χ1v) is 10.3. The fraction of sp³-hybridized carbons (Fsp3) is 0.115. The number of hydrogen-bond donors (Lipinski definition) is 2. The maximum atomic E-state index is 9.94. The van der Waals surface area contributed by atoms with Crippen molar-refractivity contribution in [3.8, 4) is 39.8 Å². The van der Waals surface area contributed by atoms with E-state index in [2.05, 4.69) is 20.5 Å². The summed E-state index contributed by atoms with van der Waals surface area (Å²) in [5, 5.41) is 14.1. The van der Waals surface area contributed by atoms with Gasteiger partial charge in [-0.25, -0.2) is 15.4 Å². The van der Waals surface area contributed by atoms with E-state index in [4.69, 9.17) is 9.47 Å². The Morgan fingerprint density at radius 2 is 1.48 bits per heavy atom. The van der Waals surface area contributed by atoms with Gasteiger partial charge in [-0.15, -0.1) is 0 Å². The highest BCUT2D eigenvalue weighted by atomic mass is 16.5. The molecule has 0 aliphatic rings. The van der Waals surface area contributed by atoms with Gasteiger partial charge < -0.3 is 14.6 Å². The molecule has 166 valence electrons. The molecule has 4 aromatic rings. The number of para-hydroxylation sites is 1. The smallest absolute Gasteiger partial charge is 0.244 e. The van der Waals surface area contributed by atoms with Crippen molar-refractivity contribution in [3.63, 3.8) is 0 Å². The first-order chi connectivity index (χ1) is 16.1. The largest absolute Gasteiger partial charge is 0.507 e. The van der Waals surface area contributed by atoms with Gasteiger partial charge in [0.05, 0.1) is 31.8 Å². The van der Waals surface area contributed by atoms with Crippen LogP contribution in [0.25, 0.3) is 22.5 Å². The number of benzene rings is 3. The van der Waals surface area contributed by atoms with Crippen molar-refractivity contribution in [1.29, 1.82) is 0 Å². The van der Waals surface area contributed by atoms with Crippen LogP contribution in [0, 0.1) is 6.92 Å². The third-order valence-electron chi connectivity index (χ3n) is 5.06. The van der Waals surface area contributed by atoms with Crippen LogP contribution in [0.15, 0.2) is 77.9 Å². The number of rotatable bonds is 7. The SMILES string of the molecule is COc1ccc(-c2cc(-c3ccc(C)cc3)nc(N/N=C/c3ccccc3O)n2)cc1OC. The van der Waals surface area contributed by atoms with Crippen LogP contribution in [-0.4, -0.2) is 35.5 Å². The third-order valence-corrected chi connectivity index (χ3v) is 5.06. The Morgan fingerprint density at radius 3 is 2.18 bits per heavy atom. The molecule has 0 saturated heterocycles. The van der Waals surface area contributed by atoms with Crippen LogP contribution >= 0.6 is 0 Å². The van der Waals surface area contributed by atoms with E-state index in [1.807, 2.05) is 61.5 Å². The highest BCUT2D eigenvalue weighted by Gasteiger charge is 2.12. The fourth-order valence-electron chi connectivity index (χ4n) is 3.27. The lowest BCUT2D eigenvalue weighted by atomic mass is 10.1. The van der Waals surface area contributed by atoms with E-state index >= 15 is 0 Å². The van der Waals surface area contributed by atoms with Crippen molar-refractivity contribution < 1.29 is 14.6 Å².